The van der Waals surface area contributed by atoms with E-state index in [1.165, 1.54) is 6.42 Å². The third-order valence-electron chi connectivity index (χ3n) is 3.70. The molecule has 1 saturated heterocycles. The molecule has 0 bridgehead atoms. The summed E-state index contributed by atoms with van der Waals surface area (Å²) in [4.78, 5) is 11.9. The first-order valence-electron chi connectivity index (χ1n) is 6.57. The lowest BCUT2D eigenvalue weighted by Gasteiger charge is -2.11. The van der Waals surface area contributed by atoms with Gasteiger partial charge in [-0.25, -0.2) is 0 Å². The van der Waals surface area contributed by atoms with Gasteiger partial charge in [-0.3, -0.25) is 9.48 Å². The van der Waals surface area contributed by atoms with Crippen LogP contribution in [-0.2, 0) is 18.3 Å². The Morgan fingerprint density at radius 3 is 2.65 bits per heavy atom. The minimum Gasteiger partial charge on any atom is -0.354 e. The predicted octanol–water partition coefficient (Wildman–Crippen LogP) is 1.29. The fourth-order valence-electron chi connectivity index (χ4n) is 2.46. The standard InChI is InChI=1S/C13H22N4O.2ClH/c1-9-12(10(2)17(3)16-9)7-13(18)15-8-11-5-4-6-14-11;;/h11,14H,4-8H2,1-3H3,(H,15,18);2*1H. The van der Waals surface area contributed by atoms with Gasteiger partial charge in [-0.15, -0.1) is 24.8 Å². The van der Waals surface area contributed by atoms with Crippen LogP contribution in [0.3, 0.4) is 0 Å². The Labute approximate surface area is 132 Å². The van der Waals surface area contributed by atoms with Crippen LogP contribution in [0.1, 0.15) is 29.8 Å². The molecule has 0 saturated carbocycles. The van der Waals surface area contributed by atoms with Crippen LogP contribution < -0.4 is 10.6 Å². The maximum absolute atomic E-state index is 11.9. The van der Waals surface area contributed by atoms with Gasteiger partial charge in [-0.1, -0.05) is 0 Å². The molecule has 2 heterocycles. The van der Waals surface area contributed by atoms with Gasteiger partial charge in [0, 0.05) is 30.9 Å². The van der Waals surface area contributed by atoms with Crippen molar-refractivity contribution in [2.24, 2.45) is 7.05 Å². The molecule has 1 unspecified atom stereocenters. The Hall–Kier alpha value is -0.780. The highest BCUT2D eigenvalue weighted by Gasteiger charge is 2.16. The number of hydrogen-bond donors (Lipinski definition) is 2. The summed E-state index contributed by atoms with van der Waals surface area (Å²) < 4.78 is 1.83. The van der Waals surface area contributed by atoms with Crippen LogP contribution in [0.5, 0.6) is 0 Å². The quantitative estimate of drug-likeness (QED) is 0.878. The van der Waals surface area contributed by atoms with E-state index in [1.54, 1.807) is 0 Å². The van der Waals surface area contributed by atoms with Crippen LogP contribution in [0.4, 0.5) is 0 Å². The van der Waals surface area contributed by atoms with E-state index >= 15 is 0 Å². The summed E-state index contributed by atoms with van der Waals surface area (Å²) >= 11 is 0. The van der Waals surface area contributed by atoms with Crippen molar-refractivity contribution in [3.8, 4) is 0 Å². The smallest absolute Gasteiger partial charge is 0.224 e. The summed E-state index contributed by atoms with van der Waals surface area (Å²) in [6, 6.07) is 0.449. The zero-order chi connectivity index (χ0) is 13.1. The highest BCUT2D eigenvalue weighted by Crippen LogP contribution is 2.12. The molecule has 1 aliphatic rings. The summed E-state index contributed by atoms with van der Waals surface area (Å²) in [6.45, 7) is 5.76. The minimum absolute atomic E-state index is 0. The van der Waals surface area contributed by atoms with E-state index in [9.17, 15) is 4.79 Å². The number of nitrogens with one attached hydrogen (secondary N) is 2. The monoisotopic (exact) mass is 322 g/mol. The Morgan fingerprint density at radius 1 is 1.45 bits per heavy atom. The molecule has 1 aliphatic heterocycles. The van der Waals surface area contributed by atoms with Crippen molar-refractivity contribution >= 4 is 30.7 Å². The fourth-order valence-corrected chi connectivity index (χ4v) is 2.46. The van der Waals surface area contributed by atoms with E-state index in [2.05, 4.69) is 15.7 Å². The van der Waals surface area contributed by atoms with Gasteiger partial charge in [0.25, 0.3) is 0 Å². The van der Waals surface area contributed by atoms with Gasteiger partial charge in [0.1, 0.15) is 0 Å². The second-order valence-corrected chi connectivity index (χ2v) is 5.05. The van der Waals surface area contributed by atoms with Gasteiger partial charge in [-0.2, -0.15) is 5.10 Å². The SMILES string of the molecule is Cc1nn(C)c(C)c1CC(=O)NCC1CCCN1.Cl.Cl. The number of rotatable bonds is 4. The molecule has 7 heteroatoms. The summed E-state index contributed by atoms with van der Waals surface area (Å²) in [5, 5.41) is 10.7. The van der Waals surface area contributed by atoms with E-state index in [0.29, 0.717) is 12.5 Å². The molecule has 1 amide bonds. The molecule has 2 rings (SSSR count). The Bertz CT molecular complexity index is 442. The van der Waals surface area contributed by atoms with Crippen molar-refractivity contribution in [2.45, 2.75) is 39.2 Å². The fraction of sp³-hybridized carbons (Fsp3) is 0.692. The summed E-state index contributed by atoms with van der Waals surface area (Å²) in [5.74, 6) is 0.0860. The van der Waals surface area contributed by atoms with E-state index in [1.807, 2.05) is 25.6 Å². The van der Waals surface area contributed by atoms with Crippen molar-refractivity contribution in [2.75, 3.05) is 13.1 Å². The van der Waals surface area contributed by atoms with Crippen LogP contribution in [0.25, 0.3) is 0 Å². The predicted molar refractivity (Wildman–Crippen MR) is 84.9 cm³/mol. The second kappa shape index (κ2) is 8.49. The lowest BCUT2D eigenvalue weighted by molar-refractivity contribution is -0.120. The average Bonchev–Trinajstić information content (AvgIpc) is 2.92. The van der Waals surface area contributed by atoms with Gasteiger partial charge in [0.2, 0.25) is 5.91 Å². The van der Waals surface area contributed by atoms with E-state index in [4.69, 9.17) is 0 Å². The number of nitrogens with zero attached hydrogens (tertiary/aromatic N) is 2. The van der Waals surface area contributed by atoms with Crippen molar-refractivity contribution in [3.05, 3.63) is 17.0 Å². The molecule has 1 atom stereocenters. The van der Waals surface area contributed by atoms with Gasteiger partial charge in [0.15, 0.2) is 0 Å². The Balaban J connectivity index is 0.00000180. The van der Waals surface area contributed by atoms with Crippen LogP contribution >= 0.6 is 24.8 Å². The van der Waals surface area contributed by atoms with E-state index in [0.717, 1.165) is 36.5 Å². The second-order valence-electron chi connectivity index (χ2n) is 5.05. The van der Waals surface area contributed by atoms with E-state index in [-0.39, 0.29) is 30.7 Å². The number of amides is 1. The average molecular weight is 323 g/mol. The zero-order valence-corrected chi connectivity index (χ0v) is 13.9. The first kappa shape index (κ1) is 19.2. The molecular formula is C13H24Cl2N4O. The molecule has 1 fully saturated rings. The van der Waals surface area contributed by atoms with Crippen molar-refractivity contribution < 1.29 is 4.79 Å². The number of hydrogen-bond acceptors (Lipinski definition) is 3. The van der Waals surface area contributed by atoms with Crippen LogP contribution in [0.2, 0.25) is 0 Å². The van der Waals surface area contributed by atoms with Gasteiger partial charge < -0.3 is 10.6 Å². The highest BCUT2D eigenvalue weighted by molar-refractivity contribution is 5.85. The van der Waals surface area contributed by atoms with Gasteiger partial charge in [0.05, 0.1) is 12.1 Å². The normalized spacial score (nSPS) is 17.2. The number of carbonyl (C=O) groups is 1. The van der Waals surface area contributed by atoms with Crippen LogP contribution in [0.15, 0.2) is 0 Å². The molecule has 116 valence electrons. The Kier molecular flexibility index (Phi) is 8.16. The zero-order valence-electron chi connectivity index (χ0n) is 12.2. The summed E-state index contributed by atoms with van der Waals surface area (Å²) in [5.41, 5.74) is 3.07. The van der Waals surface area contributed by atoms with Gasteiger partial charge >= 0.3 is 0 Å². The molecule has 0 spiro atoms. The topological polar surface area (TPSA) is 59.0 Å². The molecular weight excluding hydrogens is 299 g/mol. The Morgan fingerprint density at radius 2 is 2.15 bits per heavy atom. The van der Waals surface area contributed by atoms with Crippen LogP contribution in [-0.4, -0.2) is 34.8 Å². The third kappa shape index (κ3) is 4.65. The number of aromatic nitrogens is 2. The summed E-state index contributed by atoms with van der Waals surface area (Å²) in [7, 11) is 1.91. The molecule has 1 aromatic heterocycles. The maximum atomic E-state index is 11.9. The van der Waals surface area contributed by atoms with Crippen molar-refractivity contribution in [3.63, 3.8) is 0 Å². The van der Waals surface area contributed by atoms with Crippen LogP contribution in [0, 0.1) is 13.8 Å². The van der Waals surface area contributed by atoms with Crippen molar-refractivity contribution in [1.82, 2.24) is 20.4 Å². The largest absolute Gasteiger partial charge is 0.354 e. The summed E-state index contributed by atoms with van der Waals surface area (Å²) in [6.07, 6.45) is 2.80. The molecule has 1 aromatic rings. The third-order valence-corrected chi connectivity index (χ3v) is 3.70. The number of aryl methyl sites for hydroxylation is 2. The molecule has 0 radical (unpaired) electrons. The maximum Gasteiger partial charge on any atom is 0.224 e. The molecule has 0 aliphatic carbocycles. The highest BCUT2D eigenvalue weighted by atomic mass is 35.5. The minimum atomic E-state index is 0. The molecule has 20 heavy (non-hydrogen) atoms. The van der Waals surface area contributed by atoms with E-state index < -0.39 is 0 Å². The lowest BCUT2D eigenvalue weighted by Crippen LogP contribution is -2.37. The molecule has 0 aromatic carbocycles. The first-order valence-corrected chi connectivity index (χ1v) is 6.57. The molecule has 2 N–H and O–H groups in total. The first-order chi connectivity index (χ1) is 8.58. The number of carbonyl (C=O) groups excluding carboxylic acids is 1. The molecule has 5 nitrogen and oxygen atoms in total. The lowest BCUT2D eigenvalue weighted by atomic mass is 10.1. The van der Waals surface area contributed by atoms with Gasteiger partial charge in [-0.05, 0) is 33.2 Å². The van der Waals surface area contributed by atoms with Crippen molar-refractivity contribution in [1.29, 1.82) is 0 Å². The number of halogens is 2.